The first-order valence-electron chi connectivity index (χ1n) is 5.75. The summed E-state index contributed by atoms with van der Waals surface area (Å²) >= 11 is 17.5. The van der Waals surface area contributed by atoms with Crippen LogP contribution in [-0.4, -0.2) is 34.6 Å². The Balaban J connectivity index is 2.54. The van der Waals surface area contributed by atoms with Gasteiger partial charge < -0.3 is 10.0 Å². The smallest absolute Gasteiger partial charge is 0.323 e. The van der Waals surface area contributed by atoms with Gasteiger partial charge in [-0.15, -0.1) is 0 Å². The average Bonchev–Trinajstić information content (AvgIpc) is 2.36. The number of carboxylic acids is 1. The summed E-state index contributed by atoms with van der Waals surface area (Å²) in [6, 6.07) is 8.98. The van der Waals surface area contributed by atoms with Crippen LogP contribution in [0, 0.1) is 0 Å². The van der Waals surface area contributed by atoms with Crippen LogP contribution in [-0.2, 0) is 4.79 Å². The van der Waals surface area contributed by atoms with Crippen LogP contribution in [0.4, 0.5) is 0 Å². The molecule has 2 rings (SSSR count). The van der Waals surface area contributed by atoms with Crippen LogP contribution in [0.25, 0.3) is 10.8 Å². The standard InChI is InChI=1S/C14H11Cl2NO2S/c1-17(7-13(18)19)14(20)10-4-2-3-9-11(10)5-8(15)6-12(9)16/h2-6H,7H2,1H3,(H,18,19). The first kappa shape index (κ1) is 15.0. The van der Waals surface area contributed by atoms with Gasteiger partial charge in [-0.05, 0) is 17.5 Å². The fourth-order valence-electron chi connectivity index (χ4n) is 1.97. The number of fused-ring (bicyclic) bond motifs is 1. The molecule has 0 saturated heterocycles. The molecule has 0 heterocycles. The Morgan fingerprint density at radius 2 is 2.00 bits per heavy atom. The number of likely N-dealkylation sites (N-methyl/N-ethyl adjacent to an activating group) is 1. The molecular weight excluding hydrogens is 317 g/mol. The predicted octanol–water partition coefficient (Wildman–Crippen LogP) is 3.84. The molecule has 0 amide bonds. The Labute approximate surface area is 131 Å². The highest BCUT2D eigenvalue weighted by atomic mass is 35.5. The molecule has 0 unspecified atom stereocenters. The average molecular weight is 328 g/mol. The van der Waals surface area contributed by atoms with Crippen LogP contribution in [0.3, 0.4) is 0 Å². The summed E-state index contributed by atoms with van der Waals surface area (Å²) < 4.78 is 0. The van der Waals surface area contributed by atoms with Gasteiger partial charge in [-0.3, -0.25) is 4.79 Å². The molecule has 0 bridgehead atoms. The lowest BCUT2D eigenvalue weighted by atomic mass is 10.0. The van der Waals surface area contributed by atoms with Crippen LogP contribution in [0.2, 0.25) is 10.0 Å². The van der Waals surface area contributed by atoms with Crippen LogP contribution < -0.4 is 0 Å². The van der Waals surface area contributed by atoms with Crippen molar-refractivity contribution in [3.8, 4) is 0 Å². The first-order valence-corrected chi connectivity index (χ1v) is 6.91. The fraction of sp³-hybridized carbons (Fsp3) is 0.143. The molecule has 0 radical (unpaired) electrons. The zero-order chi connectivity index (χ0) is 14.9. The van der Waals surface area contributed by atoms with Gasteiger partial charge in [0.25, 0.3) is 0 Å². The van der Waals surface area contributed by atoms with Gasteiger partial charge in [0, 0.05) is 28.0 Å². The summed E-state index contributed by atoms with van der Waals surface area (Å²) in [4.78, 5) is 12.7. The summed E-state index contributed by atoms with van der Waals surface area (Å²) in [5.41, 5.74) is 0.741. The summed E-state index contributed by atoms with van der Waals surface area (Å²) in [6.07, 6.45) is 0. The van der Waals surface area contributed by atoms with Crippen molar-refractivity contribution in [1.29, 1.82) is 0 Å². The Hall–Kier alpha value is -1.36. The monoisotopic (exact) mass is 327 g/mol. The van der Waals surface area contributed by atoms with E-state index in [4.69, 9.17) is 40.5 Å². The number of halogens is 2. The third-order valence-electron chi connectivity index (χ3n) is 2.86. The molecule has 0 aliphatic carbocycles. The molecule has 0 spiro atoms. The first-order chi connectivity index (χ1) is 9.40. The summed E-state index contributed by atoms with van der Waals surface area (Å²) in [6.45, 7) is -0.163. The van der Waals surface area contributed by atoms with Gasteiger partial charge in [-0.25, -0.2) is 0 Å². The van der Waals surface area contributed by atoms with Gasteiger partial charge in [-0.1, -0.05) is 53.6 Å². The molecule has 6 heteroatoms. The molecule has 0 atom stereocenters. The van der Waals surface area contributed by atoms with Crippen molar-refractivity contribution in [3.05, 3.63) is 45.9 Å². The third-order valence-corrected chi connectivity index (χ3v) is 3.92. The number of hydrogen-bond acceptors (Lipinski definition) is 2. The molecule has 20 heavy (non-hydrogen) atoms. The Bertz CT molecular complexity index is 703. The number of hydrogen-bond donors (Lipinski definition) is 1. The number of carboxylic acid groups (broad SMARTS) is 1. The molecular formula is C14H11Cl2NO2S. The Morgan fingerprint density at radius 3 is 2.65 bits per heavy atom. The Kier molecular flexibility index (Phi) is 4.48. The van der Waals surface area contributed by atoms with E-state index in [0.29, 0.717) is 15.0 Å². The second-order valence-electron chi connectivity index (χ2n) is 4.34. The van der Waals surface area contributed by atoms with Gasteiger partial charge in [0.1, 0.15) is 11.5 Å². The molecule has 0 fully saturated rings. The minimum absolute atomic E-state index is 0.163. The highest BCUT2D eigenvalue weighted by Gasteiger charge is 2.14. The van der Waals surface area contributed by atoms with E-state index in [2.05, 4.69) is 0 Å². The molecule has 0 aliphatic rings. The lowest BCUT2D eigenvalue weighted by molar-refractivity contribution is -0.137. The molecule has 2 aromatic rings. The van der Waals surface area contributed by atoms with E-state index in [-0.39, 0.29) is 6.54 Å². The highest BCUT2D eigenvalue weighted by molar-refractivity contribution is 7.80. The van der Waals surface area contributed by atoms with Crippen molar-refractivity contribution in [2.75, 3.05) is 13.6 Å². The topological polar surface area (TPSA) is 40.5 Å². The summed E-state index contributed by atoms with van der Waals surface area (Å²) in [7, 11) is 1.64. The number of nitrogens with zero attached hydrogens (tertiary/aromatic N) is 1. The molecule has 2 aromatic carbocycles. The minimum Gasteiger partial charge on any atom is -0.480 e. The number of rotatable bonds is 3. The maximum atomic E-state index is 10.8. The number of benzene rings is 2. The van der Waals surface area contributed by atoms with Crippen molar-refractivity contribution in [2.45, 2.75) is 0 Å². The largest absolute Gasteiger partial charge is 0.480 e. The van der Waals surface area contributed by atoms with Gasteiger partial charge >= 0.3 is 5.97 Å². The lowest BCUT2D eigenvalue weighted by Gasteiger charge is -2.19. The van der Waals surface area contributed by atoms with Crippen molar-refractivity contribution < 1.29 is 9.90 Å². The zero-order valence-electron chi connectivity index (χ0n) is 10.6. The Morgan fingerprint density at radius 1 is 1.30 bits per heavy atom. The highest BCUT2D eigenvalue weighted by Crippen LogP contribution is 2.30. The van der Waals surface area contributed by atoms with Gasteiger partial charge in [0.2, 0.25) is 0 Å². The van der Waals surface area contributed by atoms with E-state index in [0.717, 1.165) is 16.3 Å². The zero-order valence-corrected chi connectivity index (χ0v) is 12.9. The van der Waals surface area contributed by atoms with E-state index < -0.39 is 5.97 Å². The molecule has 104 valence electrons. The van der Waals surface area contributed by atoms with E-state index in [9.17, 15) is 4.79 Å². The SMILES string of the molecule is CN(CC(=O)O)C(=S)c1cccc2c(Cl)cc(Cl)cc12. The fourth-order valence-corrected chi connectivity index (χ4v) is 2.77. The van der Waals surface area contributed by atoms with Crippen molar-refractivity contribution in [2.24, 2.45) is 0 Å². The molecule has 0 aromatic heterocycles. The summed E-state index contributed by atoms with van der Waals surface area (Å²) in [5, 5.41) is 11.5. The number of thiocarbonyl (C=S) groups is 1. The molecule has 0 saturated carbocycles. The minimum atomic E-state index is -0.939. The number of aliphatic carboxylic acids is 1. The van der Waals surface area contributed by atoms with Crippen LogP contribution in [0.1, 0.15) is 5.56 Å². The van der Waals surface area contributed by atoms with Gasteiger partial charge in [0.05, 0.1) is 0 Å². The lowest BCUT2D eigenvalue weighted by Crippen LogP contribution is -2.31. The predicted molar refractivity (Wildman–Crippen MR) is 85.9 cm³/mol. The number of carbonyl (C=O) groups is 1. The van der Waals surface area contributed by atoms with E-state index in [1.54, 1.807) is 19.2 Å². The van der Waals surface area contributed by atoms with Gasteiger partial charge in [0.15, 0.2) is 0 Å². The van der Waals surface area contributed by atoms with Gasteiger partial charge in [-0.2, -0.15) is 0 Å². The quantitative estimate of drug-likeness (QED) is 0.869. The molecule has 3 nitrogen and oxygen atoms in total. The molecule has 0 aliphatic heterocycles. The maximum Gasteiger partial charge on any atom is 0.323 e. The van der Waals surface area contributed by atoms with Crippen molar-refractivity contribution >= 4 is 57.2 Å². The normalized spacial score (nSPS) is 10.6. The van der Waals surface area contributed by atoms with E-state index >= 15 is 0 Å². The third kappa shape index (κ3) is 3.03. The second kappa shape index (κ2) is 5.95. The van der Waals surface area contributed by atoms with Crippen molar-refractivity contribution in [3.63, 3.8) is 0 Å². The van der Waals surface area contributed by atoms with Crippen LogP contribution >= 0.6 is 35.4 Å². The van der Waals surface area contributed by atoms with Crippen LogP contribution in [0.15, 0.2) is 30.3 Å². The van der Waals surface area contributed by atoms with Crippen LogP contribution in [0.5, 0.6) is 0 Å². The van der Waals surface area contributed by atoms with E-state index in [1.165, 1.54) is 4.90 Å². The van der Waals surface area contributed by atoms with Crippen molar-refractivity contribution in [1.82, 2.24) is 4.90 Å². The second-order valence-corrected chi connectivity index (χ2v) is 5.57. The van der Waals surface area contributed by atoms with E-state index in [1.807, 2.05) is 18.2 Å². The summed E-state index contributed by atoms with van der Waals surface area (Å²) in [5.74, 6) is -0.939. The molecule has 1 N–H and O–H groups in total. The maximum absolute atomic E-state index is 10.8.